The Hall–Kier alpha value is -2.07. The zero-order chi connectivity index (χ0) is 16.8. The molecule has 0 aliphatic rings. The highest BCUT2D eigenvalue weighted by Crippen LogP contribution is 2.23. The summed E-state index contributed by atoms with van der Waals surface area (Å²) in [6.45, 7) is 5.83. The maximum Gasteiger partial charge on any atom is 0.228 e. The first-order valence-electron chi connectivity index (χ1n) is 7.60. The summed E-state index contributed by atoms with van der Waals surface area (Å²) in [7, 11) is 0. The molecule has 1 N–H and O–H groups in total. The first kappa shape index (κ1) is 17.3. The van der Waals surface area contributed by atoms with E-state index in [2.05, 4.69) is 31.3 Å². The summed E-state index contributed by atoms with van der Waals surface area (Å²) in [6, 6.07) is 15.0. The number of nitrogens with one attached hydrogen (secondary N) is 1. The van der Waals surface area contributed by atoms with Crippen LogP contribution >= 0.6 is 11.8 Å². The second kappa shape index (κ2) is 7.97. The van der Waals surface area contributed by atoms with E-state index >= 15 is 0 Å². The van der Waals surface area contributed by atoms with Gasteiger partial charge in [0.25, 0.3) is 0 Å². The van der Waals surface area contributed by atoms with E-state index in [1.165, 1.54) is 11.8 Å². The summed E-state index contributed by atoms with van der Waals surface area (Å²) in [4.78, 5) is 24.5. The average molecular weight is 327 g/mol. The van der Waals surface area contributed by atoms with Crippen molar-refractivity contribution in [1.82, 2.24) is 0 Å². The van der Waals surface area contributed by atoms with Crippen LogP contribution in [0.2, 0.25) is 0 Å². The molecule has 0 fully saturated rings. The number of anilines is 1. The van der Waals surface area contributed by atoms with Crippen LogP contribution in [0.5, 0.6) is 0 Å². The molecule has 0 atom stereocenters. The van der Waals surface area contributed by atoms with Crippen LogP contribution in [-0.2, 0) is 11.2 Å². The number of hydrogen-bond acceptors (Lipinski definition) is 3. The van der Waals surface area contributed by atoms with Crippen molar-refractivity contribution >= 4 is 29.1 Å². The topological polar surface area (TPSA) is 46.2 Å². The molecule has 0 aliphatic carbocycles. The van der Waals surface area contributed by atoms with E-state index in [9.17, 15) is 9.59 Å². The predicted molar refractivity (Wildman–Crippen MR) is 96.2 cm³/mol. The quantitative estimate of drug-likeness (QED) is 0.624. The lowest BCUT2D eigenvalue weighted by atomic mass is 10.1. The monoisotopic (exact) mass is 327 g/mol. The van der Waals surface area contributed by atoms with Gasteiger partial charge in [-0.15, -0.1) is 11.8 Å². The molecule has 0 heterocycles. The van der Waals surface area contributed by atoms with Crippen LogP contribution in [0.15, 0.2) is 53.4 Å². The van der Waals surface area contributed by atoms with Crippen LogP contribution in [-0.4, -0.2) is 16.9 Å². The Morgan fingerprint density at radius 1 is 1.00 bits per heavy atom. The third-order valence-electron chi connectivity index (χ3n) is 3.24. The number of thioether (sulfide) groups is 1. The molecule has 0 radical (unpaired) electrons. The normalized spacial score (nSPS) is 10.6. The summed E-state index contributed by atoms with van der Waals surface area (Å²) in [6.07, 6.45) is 0.334. The van der Waals surface area contributed by atoms with Gasteiger partial charge < -0.3 is 5.32 Å². The molecule has 0 unspecified atom stereocenters. The molecule has 2 rings (SSSR count). The summed E-state index contributed by atoms with van der Waals surface area (Å²) in [5.74, 6) is -0.0490. The Balaban J connectivity index is 1.92. The van der Waals surface area contributed by atoms with Gasteiger partial charge >= 0.3 is 0 Å². The van der Waals surface area contributed by atoms with Gasteiger partial charge in [-0.05, 0) is 48.9 Å². The number of rotatable bonds is 6. The molecular weight excluding hydrogens is 306 g/mol. The van der Waals surface area contributed by atoms with Gasteiger partial charge in [0.15, 0.2) is 5.78 Å². The van der Waals surface area contributed by atoms with Crippen molar-refractivity contribution in [3.63, 3.8) is 0 Å². The van der Waals surface area contributed by atoms with Crippen LogP contribution < -0.4 is 5.32 Å². The third kappa shape index (κ3) is 5.57. The third-order valence-corrected chi connectivity index (χ3v) is 4.25. The van der Waals surface area contributed by atoms with Gasteiger partial charge in [0.05, 0.1) is 6.42 Å². The Labute approximate surface area is 141 Å². The van der Waals surface area contributed by atoms with Gasteiger partial charge in [-0.2, -0.15) is 0 Å². The first-order valence-corrected chi connectivity index (χ1v) is 8.48. The minimum atomic E-state index is -0.0650. The molecule has 0 bridgehead atoms. The van der Waals surface area contributed by atoms with E-state index in [1.807, 2.05) is 12.1 Å². The fourth-order valence-corrected chi connectivity index (χ4v) is 2.97. The Morgan fingerprint density at radius 2 is 1.61 bits per heavy atom. The fraction of sp³-hybridized carbons (Fsp3) is 0.263. The molecular formula is C19H21NO2S. The summed E-state index contributed by atoms with van der Waals surface area (Å²) >= 11 is 1.80. The van der Waals surface area contributed by atoms with E-state index in [-0.39, 0.29) is 11.7 Å². The summed E-state index contributed by atoms with van der Waals surface area (Å²) in [5.41, 5.74) is 2.32. The molecule has 0 aromatic heterocycles. The van der Waals surface area contributed by atoms with Crippen molar-refractivity contribution < 1.29 is 9.59 Å². The summed E-state index contributed by atoms with van der Waals surface area (Å²) < 4.78 is 0. The second-order valence-electron chi connectivity index (χ2n) is 5.67. The number of ketones is 1. The van der Waals surface area contributed by atoms with E-state index in [0.29, 0.717) is 22.9 Å². The number of benzene rings is 2. The standard InChI is InChI=1S/C19H21NO2S/c1-13(2)23-18-10-4-15(5-11-18)12-19(22)20-17-8-6-16(7-9-17)14(3)21/h4-11,13H,12H2,1-3H3,(H,20,22). The minimum Gasteiger partial charge on any atom is -0.326 e. The highest BCUT2D eigenvalue weighted by Gasteiger charge is 2.06. The zero-order valence-corrected chi connectivity index (χ0v) is 14.4. The molecule has 0 saturated carbocycles. The number of Topliss-reactive ketones (excluding diaryl/α,β-unsaturated/α-hetero) is 1. The molecule has 4 heteroatoms. The summed E-state index contributed by atoms with van der Waals surface area (Å²) in [5, 5.41) is 3.39. The molecule has 2 aromatic rings. The Kier molecular flexibility index (Phi) is 5.99. The van der Waals surface area contributed by atoms with Gasteiger partial charge in [-0.1, -0.05) is 26.0 Å². The molecule has 0 saturated heterocycles. The number of carbonyl (C=O) groups excluding carboxylic acids is 2. The van der Waals surface area contributed by atoms with Crippen LogP contribution in [0.25, 0.3) is 0 Å². The van der Waals surface area contributed by atoms with Crippen molar-refractivity contribution in [2.45, 2.75) is 37.3 Å². The Morgan fingerprint density at radius 3 is 2.13 bits per heavy atom. The van der Waals surface area contributed by atoms with Gasteiger partial charge in [-0.25, -0.2) is 0 Å². The highest BCUT2D eigenvalue weighted by molar-refractivity contribution is 7.99. The van der Waals surface area contributed by atoms with E-state index in [4.69, 9.17) is 0 Å². The largest absolute Gasteiger partial charge is 0.326 e. The maximum absolute atomic E-state index is 12.1. The van der Waals surface area contributed by atoms with Crippen LogP contribution in [0.1, 0.15) is 36.7 Å². The van der Waals surface area contributed by atoms with Gasteiger partial charge in [-0.3, -0.25) is 9.59 Å². The number of carbonyl (C=O) groups is 2. The average Bonchev–Trinajstić information content (AvgIpc) is 2.49. The predicted octanol–water partition coefficient (Wildman–Crippen LogP) is 4.57. The first-order chi connectivity index (χ1) is 10.9. The molecule has 0 spiro atoms. The number of amides is 1. The van der Waals surface area contributed by atoms with Crippen molar-refractivity contribution in [2.75, 3.05) is 5.32 Å². The van der Waals surface area contributed by atoms with Crippen LogP contribution in [0.3, 0.4) is 0 Å². The van der Waals surface area contributed by atoms with Gasteiger partial charge in [0.2, 0.25) is 5.91 Å². The van der Waals surface area contributed by atoms with Crippen LogP contribution in [0, 0.1) is 0 Å². The van der Waals surface area contributed by atoms with Crippen LogP contribution in [0.4, 0.5) is 5.69 Å². The molecule has 120 valence electrons. The minimum absolute atomic E-state index is 0.0160. The van der Waals surface area contributed by atoms with E-state index in [0.717, 1.165) is 5.56 Å². The van der Waals surface area contributed by atoms with Crippen molar-refractivity contribution in [3.8, 4) is 0 Å². The maximum atomic E-state index is 12.1. The lowest BCUT2D eigenvalue weighted by Crippen LogP contribution is -2.14. The van der Waals surface area contributed by atoms with Crippen molar-refractivity contribution in [3.05, 3.63) is 59.7 Å². The lowest BCUT2D eigenvalue weighted by Gasteiger charge is -2.08. The SMILES string of the molecule is CC(=O)c1ccc(NC(=O)Cc2ccc(SC(C)C)cc2)cc1. The molecule has 1 amide bonds. The lowest BCUT2D eigenvalue weighted by molar-refractivity contribution is -0.115. The molecule has 23 heavy (non-hydrogen) atoms. The van der Waals surface area contributed by atoms with Gasteiger partial charge in [0.1, 0.15) is 0 Å². The van der Waals surface area contributed by atoms with Crippen molar-refractivity contribution in [1.29, 1.82) is 0 Å². The molecule has 3 nitrogen and oxygen atoms in total. The fourth-order valence-electron chi connectivity index (χ4n) is 2.14. The Bertz CT molecular complexity index is 676. The molecule has 0 aliphatic heterocycles. The zero-order valence-electron chi connectivity index (χ0n) is 13.6. The van der Waals surface area contributed by atoms with E-state index < -0.39 is 0 Å². The highest BCUT2D eigenvalue weighted by atomic mass is 32.2. The van der Waals surface area contributed by atoms with Gasteiger partial charge in [0, 0.05) is 21.4 Å². The second-order valence-corrected chi connectivity index (χ2v) is 7.32. The smallest absolute Gasteiger partial charge is 0.228 e. The molecule has 2 aromatic carbocycles. The van der Waals surface area contributed by atoms with E-state index in [1.54, 1.807) is 36.0 Å². The number of hydrogen-bond donors (Lipinski definition) is 1. The van der Waals surface area contributed by atoms with Crippen molar-refractivity contribution in [2.24, 2.45) is 0 Å².